The van der Waals surface area contributed by atoms with Crippen molar-refractivity contribution in [2.45, 2.75) is 18.8 Å². The van der Waals surface area contributed by atoms with Gasteiger partial charge in [-0.05, 0) is 24.1 Å². The van der Waals surface area contributed by atoms with Gasteiger partial charge in [-0.2, -0.15) is 0 Å². The van der Waals surface area contributed by atoms with E-state index in [2.05, 4.69) is 15.1 Å². The topological polar surface area (TPSA) is 65.1 Å². The molecule has 0 fully saturated rings. The van der Waals surface area contributed by atoms with Crippen molar-refractivity contribution in [1.29, 1.82) is 0 Å². The molecule has 1 heterocycles. The standard InChI is InChI=1S/C13H15F3N4O/c1-20-7-6-18-12(20)11(19-17)8-9-2-4-10(5-3-9)21-13(14,15)16/h2-7,11,19H,8,17H2,1H3. The van der Waals surface area contributed by atoms with Crippen molar-refractivity contribution in [3.05, 3.63) is 48.0 Å². The van der Waals surface area contributed by atoms with Crippen LogP contribution in [0.2, 0.25) is 0 Å². The fourth-order valence-electron chi connectivity index (χ4n) is 2.00. The molecule has 1 atom stereocenters. The Morgan fingerprint density at radius 3 is 2.48 bits per heavy atom. The average molecular weight is 300 g/mol. The summed E-state index contributed by atoms with van der Waals surface area (Å²) in [5.41, 5.74) is 3.47. The number of imidazole rings is 1. The van der Waals surface area contributed by atoms with E-state index in [0.717, 1.165) is 11.4 Å². The van der Waals surface area contributed by atoms with E-state index in [1.165, 1.54) is 12.1 Å². The number of nitrogens with two attached hydrogens (primary N) is 1. The molecule has 0 aliphatic carbocycles. The van der Waals surface area contributed by atoms with E-state index in [1.54, 1.807) is 24.5 Å². The number of alkyl halides is 3. The number of rotatable bonds is 5. The van der Waals surface area contributed by atoms with Crippen LogP contribution in [0.4, 0.5) is 13.2 Å². The van der Waals surface area contributed by atoms with Gasteiger partial charge in [0.2, 0.25) is 0 Å². The fourth-order valence-corrected chi connectivity index (χ4v) is 2.00. The summed E-state index contributed by atoms with van der Waals surface area (Å²) in [5, 5.41) is 0. The van der Waals surface area contributed by atoms with Crippen LogP contribution in [0, 0.1) is 0 Å². The molecule has 0 amide bonds. The zero-order valence-corrected chi connectivity index (χ0v) is 11.3. The van der Waals surface area contributed by atoms with Crippen molar-refractivity contribution in [2.24, 2.45) is 12.9 Å². The molecule has 0 aliphatic heterocycles. The first kappa shape index (κ1) is 15.3. The number of halogens is 3. The first-order valence-electron chi connectivity index (χ1n) is 6.17. The molecule has 21 heavy (non-hydrogen) atoms. The lowest BCUT2D eigenvalue weighted by Crippen LogP contribution is -2.31. The molecular weight excluding hydrogens is 285 g/mol. The predicted octanol–water partition coefficient (Wildman–Crippen LogP) is 2.07. The molecule has 0 saturated carbocycles. The van der Waals surface area contributed by atoms with Crippen molar-refractivity contribution < 1.29 is 17.9 Å². The number of hydrogen-bond donors (Lipinski definition) is 2. The molecule has 114 valence electrons. The van der Waals surface area contributed by atoms with Crippen LogP contribution in [0.5, 0.6) is 5.75 Å². The van der Waals surface area contributed by atoms with Crippen LogP contribution in [0.3, 0.4) is 0 Å². The molecule has 0 bridgehead atoms. The number of ether oxygens (including phenoxy) is 1. The van der Waals surface area contributed by atoms with E-state index in [4.69, 9.17) is 5.84 Å². The van der Waals surface area contributed by atoms with Crippen LogP contribution in [0.1, 0.15) is 17.4 Å². The SMILES string of the molecule is Cn1ccnc1C(Cc1ccc(OC(F)(F)F)cc1)NN. The van der Waals surface area contributed by atoms with Gasteiger partial charge in [-0.25, -0.2) is 10.4 Å². The summed E-state index contributed by atoms with van der Waals surface area (Å²) in [7, 11) is 1.84. The van der Waals surface area contributed by atoms with Crippen LogP contribution in [-0.4, -0.2) is 15.9 Å². The van der Waals surface area contributed by atoms with Gasteiger partial charge in [-0.1, -0.05) is 12.1 Å². The zero-order chi connectivity index (χ0) is 15.5. The van der Waals surface area contributed by atoms with Gasteiger partial charge in [-0.15, -0.1) is 13.2 Å². The van der Waals surface area contributed by atoms with Crippen molar-refractivity contribution in [3.63, 3.8) is 0 Å². The molecule has 0 saturated heterocycles. The molecule has 8 heteroatoms. The van der Waals surface area contributed by atoms with Gasteiger partial charge >= 0.3 is 6.36 Å². The van der Waals surface area contributed by atoms with Crippen molar-refractivity contribution in [3.8, 4) is 5.75 Å². The Morgan fingerprint density at radius 1 is 1.33 bits per heavy atom. The highest BCUT2D eigenvalue weighted by molar-refractivity contribution is 5.28. The van der Waals surface area contributed by atoms with Gasteiger partial charge in [0, 0.05) is 19.4 Å². The Bertz CT molecular complexity index is 580. The highest BCUT2D eigenvalue weighted by Gasteiger charge is 2.31. The van der Waals surface area contributed by atoms with Gasteiger partial charge in [0.15, 0.2) is 0 Å². The minimum absolute atomic E-state index is 0.237. The van der Waals surface area contributed by atoms with Crippen LogP contribution in [-0.2, 0) is 13.5 Å². The summed E-state index contributed by atoms with van der Waals surface area (Å²) in [6, 6.07) is 5.44. The molecule has 0 aliphatic rings. The zero-order valence-electron chi connectivity index (χ0n) is 11.3. The van der Waals surface area contributed by atoms with E-state index in [9.17, 15) is 13.2 Å². The maximum atomic E-state index is 12.1. The highest BCUT2D eigenvalue weighted by atomic mass is 19.4. The monoisotopic (exact) mass is 300 g/mol. The maximum Gasteiger partial charge on any atom is 0.573 e. The third-order valence-electron chi connectivity index (χ3n) is 2.97. The van der Waals surface area contributed by atoms with Gasteiger partial charge in [0.1, 0.15) is 11.6 Å². The van der Waals surface area contributed by atoms with Gasteiger partial charge in [0.25, 0.3) is 0 Å². The first-order chi connectivity index (χ1) is 9.89. The Kier molecular flexibility index (Phi) is 4.49. The Balaban J connectivity index is 2.07. The Morgan fingerprint density at radius 2 is 2.00 bits per heavy atom. The lowest BCUT2D eigenvalue weighted by atomic mass is 10.1. The summed E-state index contributed by atoms with van der Waals surface area (Å²) in [5.74, 6) is 6.01. The maximum absolute atomic E-state index is 12.1. The van der Waals surface area contributed by atoms with Crippen LogP contribution < -0.4 is 16.0 Å². The third-order valence-corrected chi connectivity index (χ3v) is 2.97. The number of aryl methyl sites for hydroxylation is 1. The largest absolute Gasteiger partial charge is 0.573 e. The molecule has 2 rings (SSSR count). The summed E-state index contributed by atoms with van der Waals surface area (Å²) in [4.78, 5) is 4.20. The lowest BCUT2D eigenvalue weighted by Gasteiger charge is -2.16. The lowest BCUT2D eigenvalue weighted by molar-refractivity contribution is -0.274. The second-order valence-corrected chi connectivity index (χ2v) is 4.51. The molecule has 2 aromatic rings. The van der Waals surface area contributed by atoms with Gasteiger partial charge in [0.05, 0.1) is 6.04 Å². The van der Waals surface area contributed by atoms with Crippen LogP contribution in [0.25, 0.3) is 0 Å². The van der Waals surface area contributed by atoms with Crippen molar-refractivity contribution >= 4 is 0 Å². The third kappa shape index (κ3) is 4.20. The van der Waals surface area contributed by atoms with E-state index >= 15 is 0 Å². The summed E-state index contributed by atoms with van der Waals surface area (Å²) in [6.07, 6.45) is -0.747. The highest BCUT2D eigenvalue weighted by Crippen LogP contribution is 2.24. The number of nitrogens with zero attached hydrogens (tertiary/aromatic N) is 2. The smallest absolute Gasteiger partial charge is 0.406 e. The van der Waals surface area contributed by atoms with Crippen molar-refractivity contribution in [2.75, 3.05) is 0 Å². The van der Waals surface area contributed by atoms with E-state index in [0.29, 0.717) is 6.42 Å². The minimum Gasteiger partial charge on any atom is -0.406 e. The first-order valence-corrected chi connectivity index (χ1v) is 6.17. The second-order valence-electron chi connectivity index (χ2n) is 4.51. The van der Waals surface area contributed by atoms with E-state index < -0.39 is 6.36 Å². The molecular formula is C13H15F3N4O. The molecule has 0 radical (unpaired) electrons. The fraction of sp³-hybridized carbons (Fsp3) is 0.308. The summed E-state index contributed by atoms with van der Waals surface area (Å²) < 4.78 is 41.9. The summed E-state index contributed by atoms with van der Waals surface area (Å²) in [6.45, 7) is 0. The van der Waals surface area contributed by atoms with Gasteiger partial charge in [-0.3, -0.25) is 5.84 Å². The Labute approximate surface area is 119 Å². The normalized spacial score (nSPS) is 13.2. The molecule has 1 unspecified atom stereocenters. The second kappa shape index (κ2) is 6.15. The quantitative estimate of drug-likeness (QED) is 0.655. The number of benzene rings is 1. The van der Waals surface area contributed by atoms with Crippen molar-refractivity contribution in [1.82, 2.24) is 15.0 Å². The molecule has 1 aromatic carbocycles. The number of hydrogen-bond acceptors (Lipinski definition) is 4. The van der Waals surface area contributed by atoms with E-state index in [-0.39, 0.29) is 11.8 Å². The summed E-state index contributed by atoms with van der Waals surface area (Å²) >= 11 is 0. The van der Waals surface area contributed by atoms with E-state index in [1.807, 2.05) is 11.6 Å². The predicted molar refractivity (Wildman–Crippen MR) is 70.1 cm³/mol. The number of hydrazine groups is 1. The minimum atomic E-state index is -4.68. The average Bonchev–Trinajstić information content (AvgIpc) is 2.82. The van der Waals surface area contributed by atoms with Crippen LogP contribution in [0.15, 0.2) is 36.7 Å². The van der Waals surface area contributed by atoms with Crippen LogP contribution >= 0.6 is 0 Å². The molecule has 5 nitrogen and oxygen atoms in total. The molecule has 3 N–H and O–H groups in total. The van der Waals surface area contributed by atoms with Gasteiger partial charge < -0.3 is 9.30 Å². The Hall–Kier alpha value is -2.06. The molecule has 1 aromatic heterocycles. The number of nitrogens with one attached hydrogen (secondary N) is 1. The molecule has 0 spiro atoms. The number of aromatic nitrogens is 2.